The number of hydrogen-bond donors (Lipinski definition) is 3. The molecule has 1 amide bonds. The van der Waals surface area contributed by atoms with E-state index >= 15 is 0 Å². The fraction of sp³-hybridized carbons (Fsp3) is 0.278. The molecule has 0 unspecified atom stereocenters. The lowest BCUT2D eigenvalue weighted by Crippen LogP contribution is -2.40. The van der Waals surface area contributed by atoms with Gasteiger partial charge in [0.05, 0.1) is 11.4 Å². The maximum atomic E-state index is 11.6. The van der Waals surface area contributed by atoms with E-state index in [1.165, 1.54) is 0 Å². The lowest BCUT2D eigenvalue weighted by Gasteiger charge is -2.20. The minimum Gasteiger partial charge on any atom is -0.445 e. The van der Waals surface area contributed by atoms with Crippen molar-refractivity contribution in [2.75, 3.05) is 11.1 Å². The molecule has 2 aromatic carbocycles. The zero-order valence-electron chi connectivity index (χ0n) is 13.7. The van der Waals surface area contributed by atoms with Crippen LogP contribution in [0.5, 0.6) is 0 Å². The molecule has 4 N–H and O–H groups in total. The average molecular weight is 313 g/mol. The van der Waals surface area contributed by atoms with Crippen LogP contribution in [-0.2, 0) is 11.3 Å². The summed E-state index contributed by atoms with van der Waals surface area (Å²) < 4.78 is 5.19. The van der Waals surface area contributed by atoms with Crippen LogP contribution in [0.15, 0.2) is 48.5 Å². The number of amides is 1. The van der Waals surface area contributed by atoms with Gasteiger partial charge in [-0.3, -0.25) is 0 Å². The lowest BCUT2D eigenvalue weighted by atomic mass is 10.1. The minimum absolute atomic E-state index is 0.232. The SMILES string of the molecule is CC(C)(C)NC(=O)OCc1ccc(Nc2ccccc2N)cc1. The highest BCUT2D eigenvalue weighted by Gasteiger charge is 2.14. The summed E-state index contributed by atoms with van der Waals surface area (Å²) in [4.78, 5) is 11.6. The largest absolute Gasteiger partial charge is 0.445 e. The number of benzene rings is 2. The first-order valence-electron chi connectivity index (χ1n) is 7.49. The molecule has 0 radical (unpaired) electrons. The number of hydrogen-bond acceptors (Lipinski definition) is 4. The number of alkyl carbamates (subject to hydrolysis) is 1. The van der Waals surface area contributed by atoms with Crippen molar-refractivity contribution < 1.29 is 9.53 Å². The van der Waals surface area contributed by atoms with Gasteiger partial charge in [0.15, 0.2) is 0 Å². The van der Waals surface area contributed by atoms with E-state index in [1.54, 1.807) is 0 Å². The summed E-state index contributed by atoms with van der Waals surface area (Å²) in [5.41, 5.74) is 8.99. The zero-order chi connectivity index (χ0) is 16.9. The van der Waals surface area contributed by atoms with Crippen LogP contribution in [0.4, 0.5) is 21.9 Å². The van der Waals surface area contributed by atoms with E-state index in [1.807, 2.05) is 69.3 Å². The molecule has 0 saturated heterocycles. The van der Waals surface area contributed by atoms with Gasteiger partial charge in [-0.2, -0.15) is 0 Å². The number of carbonyl (C=O) groups excluding carboxylic acids is 1. The van der Waals surface area contributed by atoms with Crippen LogP contribution in [0.3, 0.4) is 0 Å². The van der Waals surface area contributed by atoms with E-state index in [9.17, 15) is 4.79 Å². The molecule has 23 heavy (non-hydrogen) atoms. The third kappa shape index (κ3) is 5.54. The number of nitrogens with two attached hydrogens (primary N) is 1. The first-order valence-corrected chi connectivity index (χ1v) is 7.49. The van der Waals surface area contributed by atoms with Crippen molar-refractivity contribution in [2.24, 2.45) is 0 Å². The molecule has 5 heteroatoms. The van der Waals surface area contributed by atoms with Crippen molar-refractivity contribution in [3.05, 3.63) is 54.1 Å². The Morgan fingerprint density at radius 2 is 1.74 bits per heavy atom. The lowest BCUT2D eigenvalue weighted by molar-refractivity contribution is 0.131. The van der Waals surface area contributed by atoms with E-state index in [-0.39, 0.29) is 12.1 Å². The Hall–Kier alpha value is -2.69. The van der Waals surface area contributed by atoms with E-state index in [4.69, 9.17) is 10.5 Å². The molecule has 0 atom stereocenters. The Labute approximate surface area is 136 Å². The maximum absolute atomic E-state index is 11.6. The van der Waals surface area contributed by atoms with Crippen molar-refractivity contribution in [1.82, 2.24) is 5.32 Å². The molecule has 0 aliphatic heterocycles. The van der Waals surface area contributed by atoms with Gasteiger partial charge in [0.1, 0.15) is 6.61 Å². The van der Waals surface area contributed by atoms with Crippen LogP contribution in [0.1, 0.15) is 26.3 Å². The predicted octanol–water partition coefficient (Wildman–Crippen LogP) is 4.04. The normalized spacial score (nSPS) is 10.9. The zero-order valence-corrected chi connectivity index (χ0v) is 13.7. The fourth-order valence-electron chi connectivity index (χ4n) is 1.94. The van der Waals surface area contributed by atoms with E-state index in [0.717, 1.165) is 16.9 Å². The number of carbonyl (C=O) groups is 1. The van der Waals surface area contributed by atoms with Gasteiger partial charge >= 0.3 is 6.09 Å². The Morgan fingerprint density at radius 3 is 2.35 bits per heavy atom. The molecule has 0 spiro atoms. The topological polar surface area (TPSA) is 76.4 Å². The molecule has 5 nitrogen and oxygen atoms in total. The molecule has 0 bridgehead atoms. The highest BCUT2D eigenvalue weighted by atomic mass is 16.5. The van der Waals surface area contributed by atoms with Crippen LogP contribution in [0.25, 0.3) is 0 Å². The molecule has 0 fully saturated rings. The number of para-hydroxylation sites is 2. The molecule has 0 aliphatic carbocycles. The van der Waals surface area contributed by atoms with Gasteiger partial charge in [-0.05, 0) is 50.6 Å². The Balaban J connectivity index is 1.90. The first-order chi connectivity index (χ1) is 10.8. The number of rotatable bonds is 4. The molecular weight excluding hydrogens is 290 g/mol. The average Bonchev–Trinajstić information content (AvgIpc) is 2.47. The quantitative estimate of drug-likeness (QED) is 0.745. The van der Waals surface area contributed by atoms with E-state index in [2.05, 4.69) is 10.6 Å². The highest BCUT2D eigenvalue weighted by molar-refractivity contribution is 5.72. The third-order valence-electron chi connectivity index (χ3n) is 3.04. The molecule has 122 valence electrons. The summed E-state index contributed by atoms with van der Waals surface area (Å²) in [5, 5.41) is 6.00. The summed E-state index contributed by atoms with van der Waals surface area (Å²) in [6, 6.07) is 15.2. The standard InChI is InChI=1S/C18H23N3O2/c1-18(2,3)21-17(22)23-12-13-8-10-14(11-9-13)20-16-7-5-4-6-15(16)19/h4-11,20H,12,19H2,1-3H3,(H,21,22). The Morgan fingerprint density at radius 1 is 1.09 bits per heavy atom. The highest BCUT2D eigenvalue weighted by Crippen LogP contribution is 2.22. The molecular formula is C18H23N3O2. The number of ether oxygens (including phenoxy) is 1. The molecule has 0 heterocycles. The second kappa shape index (κ2) is 7.05. The predicted molar refractivity (Wildman–Crippen MR) is 93.7 cm³/mol. The molecule has 0 aliphatic rings. The van der Waals surface area contributed by atoms with Gasteiger partial charge in [-0.1, -0.05) is 24.3 Å². The van der Waals surface area contributed by atoms with Crippen LogP contribution >= 0.6 is 0 Å². The smallest absolute Gasteiger partial charge is 0.407 e. The van der Waals surface area contributed by atoms with Gasteiger partial charge in [-0.15, -0.1) is 0 Å². The molecule has 0 saturated carbocycles. The summed E-state index contributed by atoms with van der Waals surface area (Å²) in [5.74, 6) is 0. The monoisotopic (exact) mass is 313 g/mol. The van der Waals surface area contributed by atoms with Crippen LogP contribution in [0.2, 0.25) is 0 Å². The van der Waals surface area contributed by atoms with Crippen molar-refractivity contribution in [2.45, 2.75) is 32.9 Å². The minimum atomic E-state index is -0.420. The van der Waals surface area contributed by atoms with Gasteiger partial charge < -0.3 is 21.1 Å². The third-order valence-corrected chi connectivity index (χ3v) is 3.04. The van der Waals surface area contributed by atoms with E-state index < -0.39 is 6.09 Å². The summed E-state index contributed by atoms with van der Waals surface area (Å²) in [7, 11) is 0. The van der Waals surface area contributed by atoms with Crippen LogP contribution < -0.4 is 16.4 Å². The van der Waals surface area contributed by atoms with Gasteiger partial charge in [0, 0.05) is 11.2 Å². The molecule has 0 aromatic heterocycles. The second-order valence-corrected chi connectivity index (χ2v) is 6.36. The maximum Gasteiger partial charge on any atom is 0.407 e. The Kier molecular flexibility index (Phi) is 5.11. The first kappa shape index (κ1) is 16.7. The van der Waals surface area contributed by atoms with Crippen molar-refractivity contribution in [3.8, 4) is 0 Å². The van der Waals surface area contributed by atoms with E-state index in [0.29, 0.717) is 5.69 Å². The Bertz CT molecular complexity index is 661. The van der Waals surface area contributed by atoms with Gasteiger partial charge in [0.25, 0.3) is 0 Å². The molecule has 2 aromatic rings. The van der Waals surface area contributed by atoms with Crippen molar-refractivity contribution in [1.29, 1.82) is 0 Å². The number of nitrogen functional groups attached to an aromatic ring is 1. The summed E-state index contributed by atoms with van der Waals surface area (Å²) in [6.07, 6.45) is -0.420. The van der Waals surface area contributed by atoms with Crippen LogP contribution in [0, 0.1) is 0 Å². The van der Waals surface area contributed by atoms with Crippen LogP contribution in [-0.4, -0.2) is 11.6 Å². The van der Waals surface area contributed by atoms with Crippen molar-refractivity contribution in [3.63, 3.8) is 0 Å². The number of anilines is 3. The van der Waals surface area contributed by atoms with Crippen molar-refractivity contribution >= 4 is 23.2 Å². The summed E-state index contributed by atoms with van der Waals surface area (Å²) in [6.45, 7) is 5.95. The summed E-state index contributed by atoms with van der Waals surface area (Å²) >= 11 is 0. The number of nitrogens with one attached hydrogen (secondary N) is 2. The van der Waals surface area contributed by atoms with Gasteiger partial charge in [-0.25, -0.2) is 4.79 Å². The van der Waals surface area contributed by atoms with Gasteiger partial charge in [0.2, 0.25) is 0 Å². The second-order valence-electron chi connectivity index (χ2n) is 6.36. The fourth-order valence-corrected chi connectivity index (χ4v) is 1.94. The molecule has 2 rings (SSSR count).